The van der Waals surface area contributed by atoms with Crippen molar-refractivity contribution in [3.8, 4) is 0 Å². The molecule has 3 N–H and O–H groups in total. The van der Waals surface area contributed by atoms with E-state index < -0.39 is 17.8 Å². The van der Waals surface area contributed by atoms with E-state index in [2.05, 4.69) is 15.6 Å². The molecule has 0 radical (unpaired) electrons. The SMILES string of the molecule is CC(NC(=O)Nc1cc(F)ccc1C(=O)O)c1nccs1. The number of aromatic nitrogens is 1. The van der Waals surface area contributed by atoms with Crippen LogP contribution in [0, 0.1) is 5.82 Å². The van der Waals surface area contributed by atoms with Crippen LogP contribution in [0.15, 0.2) is 29.8 Å². The average Bonchev–Trinajstić information content (AvgIpc) is 2.91. The minimum atomic E-state index is -1.25. The van der Waals surface area contributed by atoms with E-state index in [9.17, 15) is 14.0 Å². The van der Waals surface area contributed by atoms with E-state index in [1.807, 2.05) is 0 Å². The van der Waals surface area contributed by atoms with Gasteiger partial charge in [0.1, 0.15) is 10.8 Å². The lowest BCUT2D eigenvalue weighted by Gasteiger charge is -2.13. The number of carboxylic acids is 1. The molecule has 0 saturated heterocycles. The fraction of sp³-hybridized carbons (Fsp3) is 0.154. The summed E-state index contributed by atoms with van der Waals surface area (Å²) >= 11 is 1.38. The summed E-state index contributed by atoms with van der Waals surface area (Å²) in [6.07, 6.45) is 1.62. The van der Waals surface area contributed by atoms with Crippen molar-refractivity contribution in [1.82, 2.24) is 10.3 Å². The third kappa shape index (κ3) is 3.76. The van der Waals surface area contributed by atoms with Gasteiger partial charge < -0.3 is 15.7 Å². The van der Waals surface area contributed by atoms with E-state index in [4.69, 9.17) is 5.11 Å². The van der Waals surface area contributed by atoms with E-state index >= 15 is 0 Å². The molecule has 0 aliphatic heterocycles. The van der Waals surface area contributed by atoms with Gasteiger partial charge in [0, 0.05) is 11.6 Å². The second-order valence-corrected chi connectivity index (χ2v) is 5.11. The Balaban J connectivity index is 2.09. The molecule has 0 saturated carbocycles. The fourth-order valence-corrected chi connectivity index (χ4v) is 2.32. The number of thiazole rings is 1. The summed E-state index contributed by atoms with van der Waals surface area (Å²) in [7, 11) is 0. The lowest BCUT2D eigenvalue weighted by atomic mass is 10.2. The van der Waals surface area contributed by atoms with E-state index in [-0.39, 0.29) is 17.3 Å². The van der Waals surface area contributed by atoms with Crippen LogP contribution < -0.4 is 10.6 Å². The predicted molar refractivity (Wildman–Crippen MR) is 76.0 cm³/mol. The summed E-state index contributed by atoms with van der Waals surface area (Å²) in [5.41, 5.74) is -0.292. The highest BCUT2D eigenvalue weighted by molar-refractivity contribution is 7.09. The molecule has 2 rings (SSSR count). The van der Waals surface area contributed by atoms with Crippen molar-refractivity contribution in [2.45, 2.75) is 13.0 Å². The maximum Gasteiger partial charge on any atom is 0.337 e. The monoisotopic (exact) mass is 309 g/mol. The molecule has 2 aromatic rings. The molecule has 0 fully saturated rings. The number of carbonyl (C=O) groups excluding carboxylic acids is 1. The zero-order valence-electron chi connectivity index (χ0n) is 11.0. The summed E-state index contributed by atoms with van der Waals surface area (Å²) in [5, 5.41) is 16.4. The highest BCUT2D eigenvalue weighted by Crippen LogP contribution is 2.18. The molecule has 0 aliphatic rings. The fourth-order valence-electron chi connectivity index (χ4n) is 1.67. The van der Waals surface area contributed by atoms with Gasteiger partial charge in [0.25, 0.3) is 0 Å². The smallest absolute Gasteiger partial charge is 0.337 e. The molecule has 0 aliphatic carbocycles. The van der Waals surface area contributed by atoms with Crippen LogP contribution in [0.5, 0.6) is 0 Å². The number of carbonyl (C=O) groups is 2. The number of rotatable bonds is 4. The highest BCUT2D eigenvalue weighted by atomic mass is 32.1. The van der Waals surface area contributed by atoms with Crippen molar-refractivity contribution in [1.29, 1.82) is 0 Å². The lowest BCUT2D eigenvalue weighted by molar-refractivity contribution is 0.0698. The Morgan fingerprint density at radius 1 is 1.43 bits per heavy atom. The molecule has 21 heavy (non-hydrogen) atoms. The van der Waals surface area contributed by atoms with Crippen molar-refractivity contribution < 1.29 is 19.1 Å². The van der Waals surface area contributed by atoms with Crippen molar-refractivity contribution >= 4 is 29.0 Å². The molecule has 110 valence electrons. The van der Waals surface area contributed by atoms with Crippen LogP contribution in [0.1, 0.15) is 28.3 Å². The van der Waals surface area contributed by atoms with Gasteiger partial charge in [0.2, 0.25) is 0 Å². The zero-order valence-corrected chi connectivity index (χ0v) is 11.8. The number of halogens is 1. The molecule has 0 spiro atoms. The molecule has 1 atom stereocenters. The number of hydrogen-bond acceptors (Lipinski definition) is 4. The van der Waals surface area contributed by atoms with E-state index in [0.29, 0.717) is 5.01 Å². The average molecular weight is 309 g/mol. The number of anilines is 1. The molecule has 1 aromatic heterocycles. The van der Waals surface area contributed by atoms with Gasteiger partial charge in [-0.1, -0.05) is 0 Å². The number of nitrogens with one attached hydrogen (secondary N) is 2. The van der Waals surface area contributed by atoms with Gasteiger partial charge in [0.05, 0.1) is 17.3 Å². The summed E-state index contributed by atoms with van der Waals surface area (Å²) in [4.78, 5) is 26.9. The van der Waals surface area contributed by atoms with Crippen molar-refractivity contribution in [3.63, 3.8) is 0 Å². The molecule has 0 bridgehead atoms. The normalized spacial score (nSPS) is 11.7. The number of hydrogen-bond donors (Lipinski definition) is 3. The maximum atomic E-state index is 13.2. The first-order valence-corrected chi connectivity index (χ1v) is 6.85. The van der Waals surface area contributed by atoms with Gasteiger partial charge in [-0.15, -0.1) is 11.3 Å². The topological polar surface area (TPSA) is 91.3 Å². The van der Waals surface area contributed by atoms with E-state index in [1.54, 1.807) is 18.5 Å². The minimum Gasteiger partial charge on any atom is -0.478 e. The Morgan fingerprint density at radius 2 is 2.19 bits per heavy atom. The third-order valence-electron chi connectivity index (χ3n) is 2.63. The molecular formula is C13H12FN3O3S. The maximum absolute atomic E-state index is 13.2. The molecule has 1 aromatic carbocycles. The predicted octanol–water partition coefficient (Wildman–Crippen LogP) is 2.86. The molecule has 2 amide bonds. The van der Waals surface area contributed by atoms with Crippen molar-refractivity contribution in [2.75, 3.05) is 5.32 Å². The van der Waals surface area contributed by atoms with E-state index in [0.717, 1.165) is 18.2 Å². The number of aromatic carboxylic acids is 1. The quantitative estimate of drug-likeness (QED) is 0.810. The number of carboxylic acid groups (broad SMARTS) is 1. The Morgan fingerprint density at radius 3 is 2.81 bits per heavy atom. The molecule has 1 heterocycles. The number of urea groups is 1. The highest BCUT2D eigenvalue weighted by Gasteiger charge is 2.16. The van der Waals surface area contributed by atoms with Crippen LogP contribution in [0.3, 0.4) is 0 Å². The molecule has 6 nitrogen and oxygen atoms in total. The van der Waals surface area contributed by atoms with Gasteiger partial charge in [-0.3, -0.25) is 0 Å². The standard InChI is InChI=1S/C13H12FN3O3S/c1-7(11-15-4-5-21-11)16-13(20)17-10-6-8(14)2-3-9(10)12(18)19/h2-7H,1H3,(H,18,19)(H2,16,17,20). The van der Waals surface area contributed by atoms with Gasteiger partial charge in [-0.2, -0.15) is 0 Å². The zero-order chi connectivity index (χ0) is 15.4. The second-order valence-electron chi connectivity index (χ2n) is 4.19. The van der Waals surface area contributed by atoms with Crippen LogP contribution in [0.25, 0.3) is 0 Å². The molecule has 8 heteroatoms. The number of benzene rings is 1. The number of amides is 2. The summed E-state index contributed by atoms with van der Waals surface area (Å²) in [6.45, 7) is 1.74. The summed E-state index contributed by atoms with van der Waals surface area (Å²) < 4.78 is 13.2. The largest absolute Gasteiger partial charge is 0.478 e. The number of nitrogens with zero attached hydrogens (tertiary/aromatic N) is 1. The van der Waals surface area contributed by atoms with Crippen molar-refractivity contribution in [2.24, 2.45) is 0 Å². The van der Waals surface area contributed by atoms with Crippen molar-refractivity contribution in [3.05, 3.63) is 46.2 Å². The first kappa shape index (κ1) is 14.9. The Kier molecular flexibility index (Phi) is 4.49. The second kappa shape index (κ2) is 6.31. The van der Waals surface area contributed by atoms with Crippen LogP contribution in [0.2, 0.25) is 0 Å². The molecule has 1 unspecified atom stereocenters. The summed E-state index contributed by atoms with van der Waals surface area (Å²) in [5.74, 6) is -1.89. The third-order valence-corrected chi connectivity index (χ3v) is 3.59. The van der Waals surface area contributed by atoms with Crippen LogP contribution in [-0.4, -0.2) is 22.1 Å². The van der Waals surface area contributed by atoms with Crippen LogP contribution >= 0.6 is 11.3 Å². The minimum absolute atomic E-state index is 0.105. The van der Waals surface area contributed by atoms with Gasteiger partial charge >= 0.3 is 12.0 Å². The first-order chi connectivity index (χ1) is 9.97. The van der Waals surface area contributed by atoms with Gasteiger partial charge in [-0.05, 0) is 25.1 Å². The van der Waals surface area contributed by atoms with Crippen LogP contribution in [-0.2, 0) is 0 Å². The van der Waals surface area contributed by atoms with Gasteiger partial charge in [0.15, 0.2) is 0 Å². The Labute approximate surface area is 123 Å². The van der Waals surface area contributed by atoms with Crippen LogP contribution in [0.4, 0.5) is 14.9 Å². The molecular weight excluding hydrogens is 297 g/mol. The summed E-state index contributed by atoms with van der Waals surface area (Å²) in [6, 6.07) is 2.09. The van der Waals surface area contributed by atoms with E-state index in [1.165, 1.54) is 11.3 Å². The Bertz CT molecular complexity index is 661. The lowest BCUT2D eigenvalue weighted by Crippen LogP contribution is -2.31. The first-order valence-electron chi connectivity index (χ1n) is 5.97. The Hall–Kier alpha value is -2.48. The van der Waals surface area contributed by atoms with Gasteiger partial charge in [-0.25, -0.2) is 19.0 Å².